The molecule has 7 heteroatoms. The van der Waals surface area contributed by atoms with E-state index in [4.69, 9.17) is 0 Å². The molecule has 0 saturated carbocycles. The Bertz CT molecular complexity index is 529. The van der Waals surface area contributed by atoms with E-state index in [0.717, 1.165) is 12.8 Å². The molecule has 0 aliphatic carbocycles. The summed E-state index contributed by atoms with van der Waals surface area (Å²) in [6.07, 6.45) is 1.69. The molecule has 5 nitrogen and oxygen atoms in total. The summed E-state index contributed by atoms with van der Waals surface area (Å²) in [4.78, 5) is 11.7. The Balaban J connectivity index is 2.36. The Morgan fingerprint density at radius 1 is 1.20 bits per heavy atom. The Morgan fingerprint density at radius 2 is 1.85 bits per heavy atom. The first-order chi connectivity index (χ1) is 9.44. The van der Waals surface area contributed by atoms with Crippen LogP contribution in [-0.4, -0.2) is 33.2 Å². The van der Waals surface area contributed by atoms with Crippen LogP contribution >= 0.6 is 0 Å². The summed E-state index contributed by atoms with van der Waals surface area (Å²) >= 11 is 0. The van der Waals surface area contributed by atoms with Gasteiger partial charge in [0.1, 0.15) is 5.82 Å². The van der Waals surface area contributed by atoms with Crippen molar-refractivity contribution in [2.75, 3.05) is 18.8 Å². The fourth-order valence-corrected chi connectivity index (χ4v) is 2.45. The largest absolute Gasteiger partial charge is 0.351 e. The lowest BCUT2D eigenvalue weighted by Gasteiger charge is -2.07. The van der Waals surface area contributed by atoms with Crippen molar-refractivity contribution in [2.24, 2.45) is 0 Å². The Morgan fingerprint density at radius 3 is 2.45 bits per heavy atom. The van der Waals surface area contributed by atoms with Gasteiger partial charge in [-0.05, 0) is 30.7 Å². The molecule has 1 aromatic carbocycles. The molecule has 0 unspecified atom stereocenters. The summed E-state index contributed by atoms with van der Waals surface area (Å²) in [6.45, 7) is 2.39. The summed E-state index contributed by atoms with van der Waals surface area (Å²) < 4.78 is 38.3. The van der Waals surface area contributed by atoms with E-state index in [1.54, 1.807) is 0 Å². The SMILES string of the molecule is CCCCNS(=O)(=O)CCNC(=O)c1ccc(F)cc1. The maximum atomic E-state index is 12.7. The first-order valence-electron chi connectivity index (χ1n) is 6.45. The predicted molar refractivity (Wildman–Crippen MR) is 75.4 cm³/mol. The number of hydrogen-bond donors (Lipinski definition) is 2. The van der Waals surface area contributed by atoms with E-state index < -0.39 is 21.7 Å². The molecule has 1 amide bonds. The molecule has 112 valence electrons. The highest BCUT2D eigenvalue weighted by atomic mass is 32.2. The van der Waals surface area contributed by atoms with E-state index >= 15 is 0 Å². The summed E-state index contributed by atoms with van der Waals surface area (Å²) in [5.41, 5.74) is 0.294. The lowest BCUT2D eigenvalue weighted by atomic mass is 10.2. The summed E-state index contributed by atoms with van der Waals surface area (Å²) in [5.74, 6) is -1.03. The number of hydrogen-bond acceptors (Lipinski definition) is 3. The molecule has 20 heavy (non-hydrogen) atoms. The number of nitrogens with one attached hydrogen (secondary N) is 2. The molecule has 0 saturated heterocycles. The Hall–Kier alpha value is -1.47. The van der Waals surface area contributed by atoms with E-state index in [1.807, 2.05) is 6.92 Å². The summed E-state index contributed by atoms with van der Waals surface area (Å²) in [6, 6.07) is 5.05. The number of carbonyl (C=O) groups excluding carboxylic acids is 1. The van der Waals surface area contributed by atoms with Gasteiger partial charge in [0.05, 0.1) is 5.75 Å². The van der Waals surface area contributed by atoms with Crippen LogP contribution < -0.4 is 10.0 Å². The normalized spacial score (nSPS) is 11.3. The van der Waals surface area contributed by atoms with Gasteiger partial charge >= 0.3 is 0 Å². The number of halogens is 1. The lowest BCUT2D eigenvalue weighted by Crippen LogP contribution is -2.34. The van der Waals surface area contributed by atoms with Crippen LogP contribution in [0, 0.1) is 5.82 Å². The number of unbranched alkanes of at least 4 members (excludes halogenated alkanes) is 1. The van der Waals surface area contributed by atoms with Crippen molar-refractivity contribution < 1.29 is 17.6 Å². The zero-order valence-electron chi connectivity index (χ0n) is 11.4. The van der Waals surface area contributed by atoms with Gasteiger partial charge in [-0.15, -0.1) is 0 Å². The van der Waals surface area contributed by atoms with Gasteiger partial charge in [-0.1, -0.05) is 13.3 Å². The van der Waals surface area contributed by atoms with Crippen molar-refractivity contribution in [3.8, 4) is 0 Å². The third kappa shape index (κ3) is 6.12. The van der Waals surface area contributed by atoms with Gasteiger partial charge in [-0.25, -0.2) is 17.5 Å². The zero-order valence-corrected chi connectivity index (χ0v) is 12.2. The molecule has 0 spiro atoms. The number of benzene rings is 1. The van der Waals surface area contributed by atoms with Gasteiger partial charge in [0.15, 0.2) is 0 Å². The van der Waals surface area contributed by atoms with Crippen LogP contribution in [0.25, 0.3) is 0 Å². The zero-order chi connectivity index (χ0) is 15.0. The van der Waals surface area contributed by atoms with Gasteiger partial charge < -0.3 is 5.32 Å². The molecule has 0 aliphatic rings. The van der Waals surface area contributed by atoms with Gasteiger partial charge in [-0.3, -0.25) is 4.79 Å². The monoisotopic (exact) mass is 302 g/mol. The molecular weight excluding hydrogens is 283 g/mol. The molecule has 0 bridgehead atoms. The molecule has 0 aliphatic heterocycles. The molecule has 0 atom stereocenters. The second-order valence-corrected chi connectivity index (χ2v) is 6.26. The maximum absolute atomic E-state index is 12.7. The van der Waals surface area contributed by atoms with Crippen LogP contribution in [0.1, 0.15) is 30.1 Å². The highest BCUT2D eigenvalue weighted by Gasteiger charge is 2.11. The van der Waals surface area contributed by atoms with Crippen molar-refractivity contribution in [2.45, 2.75) is 19.8 Å². The Kier molecular flexibility index (Phi) is 6.60. The third-order valence-electron chi connectivity index (χ3n) is 2.62. The van der Waals surface area contributed by atoms with Crippen LogP contribution in [0.4, 0.5) is 4.39 Å². The Labute approximate surface area is 118 Å². The van der Waals surface area contributed by atoms with Crippen LogP contribution in [0.15, 0.2) is 24.3 Å². The molecule has 1 rings (SSSR count). The first-order valence-corrected chi connectivity index (χ1v) is 8.11. The second kappa shape index (κ2) is 7.96. The van der Waals surface area contributed by atoms with Crippen LogP contribution in [0.5, 0.6) is 0 Å². The second-order valence-electron chi connectivity index (χ2n) is 4.33. The van der Waals surface area contributed by atoms with E-state index in [9.17, 15) is 17.6 Å². The van der Waals surface area contributed by atoms with Crippen molar-refractivity contribution in [3.63, 3.8) is 0 Å². The van der Waals surface area contributed by atoms with E-state index in [1.165, 1.54) is 24.3 Å². The lowest BCUT2D eigenvalue weighted by molar-refractivity contribution is 0.0956. The fourth-order valence-electron chi connectivity index (χ4n) is 1.48. The number of rotatable bonds is 8. The average Bonchev–Trinajstić information content (AvgIpc) is 2.39. The molecule has 1 aromatic rings. The van der Waals surface area contributed by atoms with Gasteiger partial charge in [0.25, 0.3) is 5.91 Å². The summed E-state index contributed by atoms with van der Waals surface area (Å²) in [5, 5.41) is 2.48. The average molecular weight is 302 g/mol. The quantitative estimate of drug-likeness (QED) is 0.710. The van der Waals surface area contributed by atoms with Crippen LogP contribution in [0.3, 0.4) is 0 Å². The minimum absolute atomic E-state index is 0.0116. The van der Waals surface area contributed by atoms with E-state index in [0.29, 0.717) is 12.1 Å². The van der Waals surface area contributed by atoms with E-state index in [-0.39, 0.29) is 12.3 Å². The fraction of sp³-hybridized carbons (Fsp3) is 0.462. The molecule has 0 radical (unpaired) electrons. The number of carbonyl (C=O) groups is 1. The highest BCUT2D eigenvalue weighted by molar-refractivity contribution is 7.89. The number of amides is 1. The summed E-state index contributed by atoms with van der Waals surface area (Å²) in [7, 11) is -3.36. The van der Waals surface area contributed by atoms with Gasteiger partial charge in [-0.2, -0.15) is 0 Å². The van der Waals surface area contributed by atoms with Crippen molar-refractivity contribution >= 4 is 15.9 Å². The van der Waals surface area contributed by atoms with Crippen molar-refractivity contribution in [3.05, 3.63) is 35.6 Å². The third-order valence-corrected chi connectivity index (χ3v) is 4.00. The minimum atomic E-state index is -3.36. The highest BCUT2D eigenvalue weighted by Crippen LogP contribution is 2.02. The van der Waals surface area contributed by atoms with Gasteiger partial charge in [0.2, 0.25) is 10.0 Å². The first kappa shape index (κ1) is 16.6. The minimum Gasteiger partial charge on any atom is -0.351 e. The molecule has 0 heterocycles. The standard InChI is InChI=1S/C13H19FN2O3S/c1-2-3-8-16-20(18,19)10-9-15-13(17)11-4-6-12(14)7-5-11/h4-7,16H,2-3,8-10H2,1H3,(H,15,17). The van der Waals surface area contributed by atoms with E-state index in [2.05, 4.69) is 10.0 Å². The maximum Gasteiger partial charge on any atom is 0.251 e. The number of sulfonamides is 1. The smallest absolute Gasteiger partial charge is 0.251 e. The molecule has 2 N–H and O–H groups in total. The molecular formula is C13H19FN2O3S. The van der Waals surface area contributed by atoms with Crippen molar-refractivity contribution in [1.82, 2.24) is 10.0 Å². The molecule has 0 fully saturated rings. The van der Waals surface area contributed by atoms with Crippen LogP contribution in [-0.2, 0) is 10.0 Å². The predicted octanol–water partition coefficient (Wildman–Crippen LogP) is 1.28. The van der Waals surface area contributed by atoms with Crippen LogP contribution in [0.2, 0.25) is 0 Å². The molecule has 0 aromatic heterocycles. The van der Waals surface area contributed by atoms with Crippen molar-refractivity contribution in [1.29, 1.82) is 0 Å². The van der Waals surface area contributed by atoms with Gasteiger partial charge in [0, 0.05) is 18.7 Å². The topological polar surface area (TPSA) is 75.3 Å².